The maximum absolute atomic E-state index is 10.2. The molecule has 0 amide bonds. The summed E-state index contributed by atoms with van der Waals surface area (Å²) in [5.41, 5.74) is 1.02. The molecule has 0 bridgehead atoms. The summed E-state index contributed by atoms with van der Waals surface area (Å²) < 4.78 is 2.00. The van der Waals surface area contributed by atoms with Gasteiger partial charge in [0.05, 0.1) is 0 Å². The van der Waals surface area contributed by atoms with Gasteiger partial charge in [0.25, 0.3) is 0 Å². The van der Waals surface area contributed by atoms with Gasteiger partial charge in [-0.05, 0) is 18.1 Å². The van der Waals surface area contributed by atoms with Crippen molar-refractivity contribution in [3.63, 3.8) is 0 Å². The van der Waals surface area contributed by atoms with E-state index in [0.29, 0.717) is 6.42 Å². The van der Waals surface area contributed by atoms with Crippen LogP contribution in [0.5, 0.6) is 0 Å². The number of hydrogen-bond donors (Lipinski definition) is 1. The highest BCUT2D eigenvalue weighted by Crippen LogP contribution is 2.16. The van der Waals surface area contributed by atoms with Crippen LogP contribution in [-0.2, 0) is 13.0 Å². The Morgan fingerprint density at radius 1 is 1.41 bits per heavy atom. The first-order valence-corrected chi connectivity index (χ1v) is 5.89. The molecule has 4 heteroatoms. The van der Waals surface area contributed by atoms with Crippen molar-refractivity contribution in [1.29, 1.82) is 0 Å². The van der Waals surface area contributed by atoms with Gasteiger partial charge in [0.15, 0.2) is 0 Å². The van der Waals surface area contributed by atoms with Crippen LogP contribution in [0.3, 0.4) is 0 Å². The minimum Gasteiger partial charge on any atom is -0.385 e. The van der Waals surface area contributed by atoms with Gasteiger partial charge in [-0.2, -0.15) is 0 Å². The summed E-state index contributed by atoms with van der Waals surface area (Å²) in [6.45, 7) is 3.00. The third kappa shape index (κ3) is 2.91. The molecule has 1 N–H and O–H groups in total. The molecule has 0 aliphatic carbocycles. The van der Waals surface area contributed by atoms with Gasteiger partial charge >= 0.3 is 0 Å². The molecule has 0 saturated carbocycles. The molecular weight excluding hydrogens is 214 g/mol. The number of nitrogens with zero attached hydrogens (tertiary/aromatic N) is 3. The van der Waals surface area contributed by atoms with Crippen LogP contribution in [0.4, 0.5) is 0 Å². The number of imidazole rings is 1. The van der Waals surface area contributed by atoms with Gasteiger partial charge in [0, 0.05) is 37.8 Å². The first-order valence-electron chi connectivity index (χ1n) is 5.89. The van der Waals surface area contributed by atoms with Crippen molar-refractivity contribution >= 4 is 0 Å². The molecule has 2 aromatic heterocycles. The fourth-order valence-corrected chi connectivity index (χ4v) is 1.88. The van der Waals surface area contributed by atoms with Crippen molar-refractivity contribution in [1.82, 2.24) is 14.5 Å². The molecule has 1 unspecified atom stereocenters. The van der Waals surface area contributed by atoms with Gasteiger partial charge in [-0.15, -0.1) is 0 Å². The van der Waals surface area contributed by atoms with E-state index in [1.54, 1.807) is 18.6 Å². The van der Waals surface area contributed by atoms with Crippen LogP contribution >= 0.6 is 0 Å². The molecule has 0 radical (unpaired) electrons. The van der Waals surface area contributed by atoms with E-state index >= 15 is 0 Å². The topological polar surface area (TPSA) is 50.9 Å². The Morgan fingerprint density at radius 3 is 3.00 bits per heavy atom. The van der Waals surface area contributed by atoms with E-state index in [1.807, 2.05) is 22.9 Å². The Bertz CT molecular complexity index is 453. The van der Waals surface area contributed by atoms with Gasteiger partial charge in [-0.25, -0.2) is 4.98 Å². The van der Waals surface area contributed by atoms with Crippen molar-refractivity contribution in [2.24, 2.45) is 0 Å². The molecule has 0 spiro atoms. The molecule has 90 valence electrons. The molecule has 2 aromatic rings. The van der Waals surface area contributed by atoms with Crippen LogP contribution in [0.1, 0.15) is 30.8 Å². The summed E-state index contributed by atoms with van der Waals surface area (Å²) in [4.78, 5) is 8.26. The van der Waals surface area contributed by atoms with E-state index in [2.05, 4.69) is 16.9 Å². The highest BCUT2D eigenvalue weighted by molar-refractivity contribution is 5.12. The average Bonchev–Trinajstić information content (AvgIpc) is 2.79. The summed E-state index contributed by atoms with van der Waals surface area (Å²) >= 11 is 0. The lowest BCUT2D eigenvalue weighted by Crippen LogP contribution is -2.10. The fourth-order valence-electron chi connectivity index (χ4n) is 1.88. The zero-order chi connectivity index (χ0) is 12.1. The highest BCUT2D eigenvalue weighted by atomic mass is 16.3. The number of aliphatic hydroxyl groups excluding tert-OH is 1. The third-order valence-corrected chi connectivity index (χ3v) is 2.66. The second-order valence-electron chi connectivity index (χ2n) is 4.06. The molecule has 0 saturated heterocycles. The summed E-state index contributed by atoms with van der Waals surface area (Å²) in [7, 11) is 0. The number of aromatic nitrogens is 3. The standard InChI is InChI=1S/C13H17N3O/c1-2-7-16-8-6-15-13(16)12(17)9-11-4-3-5-14-10-11/h3-6,8,10,12,17H,2,7,9H2,1H3. The summed E-state index contributed by atoms with van der Waals surface area (Å²) in [6, 6.07) is 3.84. The smallest absolute Gasteiger partial charge is 0.137 e. The number of pyridine rings is 1. The number of aliphatic hydroxyl groups is 1. The number of hydrogen-bond acceptors (Lipinski definition) is 3. The molecular formula is C13H17N3O. The molecule has 17 heavy (non-hydrogen) atoms. The largest absolute Gasteiger partial charge is 0.385 e. The Balaban J connectivity index is 2.09. The van der Waals surface area contributed by atoms with Crippen LogP contribution in [0, 0.1) is 0 Å². The first kappa shape index (κ1) is 11.8. The molecule has 1 atom stereocenters. The van der Waals surface area contributed by atoms with Crippen molar-refractivity contribution in [2.45, 2.75) is 32.4 Å². The Hall–Kier alpha value is -1.68. The molecule has 0 aliphatic rings. The Kier molecular flexibility index (Phi) is 3.88. The number of aryl methyl sites for hydroxylation is 1. The van der Waals surface area contributed by atoms with E-state index in [9.17, 15) is 5.11 Å². The van der Waals surface area contributed by atoms with Crippen molar-refractivity contribution < 1.29 is 5.11 Å². The molecule has 0 aromatic carbocycles. The zero-order valence-electron chi connectivity index (χ0n) is 9.95. The van der Waals surface area contributed by atoms with Gasteiger partial charge in [-0.3, -0.25) is 4.98 Å². The van der Waals surface area contributed by atoms with E-state index < -0.39 is 6.10 Å². The van der Waals surface area contributed by atoms with Crippen molar-refractivity contribution in [3.8, 4) is 0 Å². The third-order valence-electron chi connectivity index (χ3n) is 2.66. The molecule has 2 heterocycles. The zero-order valence-corrected chi connectivity index (χ0v) is 9.95. The van der Waals surface area contributed by atoms with Gasteiger partial charge in [-0.1, -0.05) is 13.0 Å². The minimum atomic E-state index is -0.569. The van der Waals surface area contributed by atoms with Crippen molar-refractivity contribution in [3.05, 3.63) is 48.3 Å². The van der Waals surface area contributed by atoms with E-state index in [-0.39, 0.29) is 0 Å². The van der Waals surface area contributed by atoms with Crippen LogP contribution in [0.25, 0.3) is 0 Å². The predicted molar refractivity (Wildman–Crippen MR) is 65.4 cm³/mol. The quantitative estimate of drug-likeness (QED) is 0.855. The van der Waals surface area contributed by atoms with Gasteiger partial charge in [0.2, 0.25) is 0 Å². The SMILES string of the molecule is CCCn1ccnc1C(O)Cc1cccnc1. The van der Waals surface area contributed by atoms with Crippen LogP contribution < -0.4 is 0 Å². The molecule has 4 nitrogen and oxygen atoms in total. The van der Waals surface area contributed by atoms with Crippen LogP contribution in [-0.4, -0.2) is 19.6 Å². The predicted octanol–water partition coefficient (Wildman–Crippen LogP) is 1.96. The highest BCUT2D eigenvalue weighted by Gasteiger charge is 2.14. The molecule has 0 aliphatic heterocycles. The Labute approximate surface area is 101 Å². The lowest BCUT2D eigenvalue weighted by Gasteiger charge is -2.12. The fraction of sp³-hybridized carbons (Fsp3) is 0.385. The van der Waals surface area contributed by atoms with E-state index in [4.69, 9.17) is 0 Å². The Morgan fingerprint density at radius 2 is 2.29 bits per heavy atom. The summed E-state index contributed by atoms with van der Waals surface area (Å²) in [5.74, 6) is 0.732. The molecule has 0 fully saturated rings. The normalized spacial score (nSPS) is 12.6. The van der Waals surface area contributed by atoms with Crippen LogP contribution in [0.2, 0.25) is 0 Å². The second kappa shape index (κ2) is 5.59. The summed E-state index contributed by atoms with van der Waals surface area (Å²) in [5, 5.41) is 10.2. The first-order chi connectivity index (χ1) is 8.31. The number of rotatable bonds is 5. The van der Waals surface area contributed by atoms with Gasteiger partial charge in [0.1, 0.15) is 11.9 Å². The average molecular weight is 231 g/mol. The maximum Gasteiger partial charge on any atom is 0.137 e. The second-order valence-corrected chi connectivity index (χ2v) is 4.06. The van der Waals surface area contributed by atoms with Crippen molar-refractivity contribution in [2.75, 3.05) is 0 Å². The molecule has 2 rings (SSSR count). The lowest BCUT2D eigenvalue weighted by atomic mass is 10.1. The van der Waals surface area contributed by atoms with Gasteiger partial charge < -0.3 is 9.67 Å². The monoisotopic (exact) mass is 231 g/mol. The summed E-state index contributed by atoms with van der Waals surface area (Å²) in [6.07, 6.45) is 8.16. The maximum atomic E-state index is 10.2. The van der Waals surface area contributed by atoms with Crippen LogP contribution in [0.15, 0.2) is 36.9 Å². The minimum absolute atomic E-state index is 0.550. The van der Waals surface area contributed by atoms with E-state index in [1.165, 1.54) is 0 Å². The lowest BCUT2D eigenvalue weighted by molar-refractivity contribution is 0.163. The van der Waals surface area contributed by atoms with E-state index in [0.717, 1.165) is 24.4 Å².